The van der Waals surface area contributed by atoms with Crippen LogP contribution in [-0.4, -0.2) is 27.9 Å². The van der Waals surface area contributed by atoms with Crippen LogP contribution >= 0.6 is 0 Å². The van der Waals surface area contributed by atoms with E-state index < -0.39 is 15.8 Å². The average Bonchev–Trinajstić information content (AvgIpc) is 3.28. The molecule has 0 aliphatic heterocycles. The topological polar surface area (TPSA) is 89.8 Å². The molecule has 0 atom stereocenters. The average molecular weight is 466 g/mol. The molecule has 4 rings (SSSR count). The molecule has 4 aromatic rings. The van der Waals surface area contributed by atoms with E-state index >= 15 is 0 Å². The number of hydrogen-bond donors (Lipinski definition) is 1. The molecule has 0 bridgehead atoms. The molecule has 0 unspecified atom stereocenters. The fourth-order valence-electron chi connectivity index (χ4n) is 3.58. The van der Waals surface area contributed by atoms with E-state index in [-0.39, 0.29) is 10.8 Å². The monoisotopic (exact) mass is 465 g/mol. The lowest BCUT2D eigenvalue weighted by molar-refractivity contribution is 0.598. The summed E-state index contributed by atoms with van der Waals surface area (Å²) < 4.78 is 45.6. The normalized spacial score (nSPS) is 11.6. The summed E-state index contributed by atoms with van der Waals surface area (Å²) in [5.74, 6) is -0.0693. The molecule has 1 N–H and O–H groups in total. The summed E-state index contributed by atoms with van der Waals surface area (Å²) in [5.41, 5.74) is 2.35. The van der Waals surface area contributed by atoms with Crippen LogP contribution < -0.4 is 4.72 Å². The summed E-state index contributed by atoms with van der Waals surface area (Å²) in [4.78, 5) is 11.9. The minimum absolute atomic E-state index is 0.0310. The molecule has 2 aromatic heterocycles. The number of sulfonamides is 1. The first kappa shape index (κ1) is 22.6. The van der Waals surface area contributed by atoms with Gasteiger partial charge in [-0.15, -0.1) is 0 Å². The lowest BCUT2D eigenvalue weighted by atomic mass is 9.97. The van der Waals surface area contributed by atoms with Gasteiger partial charge in [0.25, 0.3) is 10.0 Å². The first-order valence-corrected chi connectivity index (χ1v) is 12.0. The van der Waals surface area contributed by atoms with Gasteiger partial charge in [0.15, 0.2) is 0 Å². The highest BCUT2D eigenvalue weighted by atomic mass is 32.2. The van der Waals surface area contributed by atoms with E-state index in [2.05, 4.69) is 33.5 Å². The standard InChI is InChI=1S/C24H24FN5O2S/c1-17(2)12-18-4-7-23(33(31,32)29-24-27-8-3-9-28-24)21(13-18)19-5-6-20(22(25)14-19)15-30-11-10-26-16-30/h3-11,13-14,16-17H,12,15H2,1-2H3,(H,27,28,29). The van der Waals surface area contributed by atoms with Gasteiger partial charge < -0.3 is 4.57 Å². The smallest absolute Gasteiger partial charge is 0.264 e. The van der Waals surface area contributed by atoms with E-state index in [1.165, 1.54) is 18.5 Å². The third-order valence-electron chi connectivity index (χ3n) is 5.05. The Labute approximate surface area is 192 Å². The predicted molar refractivity (Wildman–Crippen MR) is 125 cm³/mol. The molecule has 0 saturated heterocycles. The van der Waals surface area contributed by atoms with Crippen molar-refractivity contribution >= 4 is 16.0 Å². The molecule has 2 heterocycles. The maximum Gasteiger partial charge on any atom is 0.264 e. The van der Waals surface area contributed by atoms with Crippen molar-refractivity contribution in [1.82, 2.24) is 19.5 Å². The number of hydrogen-bond acceptors (Lipinski definition) is 5. The molecule has 170 valence electrons. The van der Waals surface area contributed by atoms with Gasteiger partial charge in [-0.25, -0.2) is 32.5 Å². The van der Waals surface area contributed by atoms with Gasteiger partial charge in [-0.2, -0.15) is 0 Å². The fraction of sp³-hybridized carbons (Fsp3) is 0.208. The lowest BCUT2D eigenvalue weighted by Crippen LogP contribution is -2.16. The molecule has 0 spiro atoms. The molecule has 7 nitrogen and oxygen atoms in total. The Morgan fingerprint density at radius 1 is 1.06 bits per heavy atom. The van der Waals surface area contributed by atoms with Crippen LogP contribution in [0.15, 0.2) is 78.5 Å². The zero-order valence-corrected chi connectivity index (χ0v) is 19.1. The number of nitrogens with one attached hydrogen (secondary N) is 1. The Kier molecular flexibility index (Phi) is 6.50. The molecule has 2 aromatic carbocycles. The highest BCUT2D eigenvalue weighted by Crippen LogP contribution is 2.31. The molecule has 0 saturated carbocycles. The Morgan fingerprint density at radius 2 is 1.85 bits per heavy atom. The molecule has 0 radical (unpaired) electrons. The Bertz CT molecular complexity index is 1340. The van der Waals surface area contributed by atoms with Gasteiger partial charge in [0, 0.05) is 35.9 Å². The van der Waals surface area contributed by atoms with E-state index in [9.17, 15) is 12.8 Å². The maximum atomic E-state index is 15.0. The third-order valence-corrected chi connectivity index (χ3v) is 6.43. The first-order chi connectivity index (χ1) is 15.8. The minimum atomic E-state index is -4.01. The van der Waals surface area contributed by atoms with E-state index in [0.29, 0.717) is 29.2 Å². The van der Waals surface area contributed by atoms with E-state index in [0.717, 1.165) is 12.0 Å². The summed E-state index contributed by atoms with van der Waals surface area (Å²) in [7, 11) is -4.01. The summed E-state index contributed by atoms with van der Waals surface area (Å²) in [6.45, 7) is 4.50. The molecule has 0 amide bonds. The summed E-state index contributed by atoms with van der Waals surface area (Å²) >= 11 is 0. The molecule has 0 fully saturated rings. The van der Waals surface area contributed by atoms with Crippen LogP contribution in [0.1, 0.15) is 25.0 Å². The Hall–Kier alpha value is -3.59. The summed E-state index contributed by atoms with van der Waals surface area (Å²) in [6, 6.07) is 11.5. The van der Waals surface area contributed by atoms with Gasteiger partial charge >= 0.3 is 0 Å². The van der Waals surface area contributed by atoms with Gasteiger partial charge in [-0.3, -0.25) is 0 Å². The van der Waals surface area contributed by atoms with Crippen LogP contribution in [0, 0.1) is 11.7 Å². The van der Waals surface area contributed by atoms with Crippen LogP contribution in [0.25, 0.3) is 11.1 Å². The second-order valence-electron chi connectivity index (χ2n) is 8.15. The van der Waals surface area contributed by atoms with Crippen molar-refractivity contribution < 1.29 is 12.8 Å². The van der Waals surface area contributed by atoms with Gasteiger partial charge in [0.2, 0.25) is 5.95 Å². The van der Waals surface area contributed by atoms with E-state index in [4.69, 9.17) is 0 Å². The number of benzene rings is 2. The second kappa shape index (κ2) is 9.50. The highest BCUT2D eigenvalue weighted by Gasteiger charge is 2.22. The fourth-order valence-corrected chi connectivity index (χ4v) is 4.75. The van der Waals surface area contributed by atoms with Crippen molar-refractivity contribution in [3.05, 3.63) is 90.5 Å². The van der Waals surface area contributed by atoms with Crippen molar-refractivity contribution in [1.29, 1.82) is 0 Å². The summed E-state index contributed by atoms with van der Waals surface area (Å²) in [6.07, 6.45) is 8.67. The lowest BCUT2D eigenvalue weighted by Gasteiger charge is -2.15. The number of halogens is 1. The quantitative estimate of drug-likeness (QED) is 0.413. The molecule has 9 heteroatoms. The van der Waals surface area contributed by atoms with E-state index in [1.807, 2.05) is 6.07 Å². The van der Waals surface area contributed by atoms with Crippen molar-refractivity contribution in [2.24, 2.45) is 5.92 Å². The zero-order chi connectivity index (χ0) is 23.4. The predicted octanol–water partition coefficient (Wildman–Crippen LogP) is 4.53. The number of rotatable bonds is 8. The van der Waals surface area contributed by atoms with E-state index in [1.54, 1.807) is 53.6 Å². The number of imidazole rings is 1. The maximum absolute atomic E-state index is 15.0. The molecular weight excluding hydrogens is 441 g/mol. The number of nitrogens with zero attached hydrogens (tertiary/aromatic N) is 4. The van der Waals surface area contributed by atoms with Crippen LogP contribution in [-0.2, 0) is 23.0 Å². The number of aromatic nitrogens is 4. The van der Waals surface area contributed by atoms with Crippen LogP contribution in [0.5, 0.6) is 0 Å². The first-order valence-electron chi connectivity index (χ1n) is 10.5. The van der Waals surface area contributed by atoms with Gasteiger partial charge in [0.1, 0.15) is 5.82 Å². The summed E-state index contributed by atoms with van der Waals surface area (Å²) in [5, 5.41) is 0. The third kappa shape index (κ3) is 5.43. The zero-order valence-electron chi connectivity index (χ0n) is 18.3. The molecular formula is C24H24FN5O2S. The Balaban J connectivity index is 1.76. The van der Waals surface area contributed by atoms with Crippen molar-refractivity contribution in [2.45, 2.75) is 31.7 Å². The van der Waals surface area contributed by atoms with Gasteiger partial charge in [-0.1, -0.05) is 32.0 Å². The Morgan fingerprint density at radius 3 is 2.52 bits per heavy atom. The van der Waals surface area contributed by atoms with Crippen LogP contribution in [0.3, 0.4) is 0 Å². The molecule has 0 aliphatic rings. The van der Waals surface area contributed by atoms with Crippen LogP contribution in [0.4, 0.5) is 10.3 Å². The number of anilines is 1. The van der Waals surface area contributed by atoms with Gasteiger partial charge in [0.05, 0.1) is 17.8 Å². The molecule has 0 aliphatic carbocycles. The minimum Gasteiger partial charge on any atom is -0.333 e. The van der Waals surface area contributed by atoms with Crippen molar-refractivity contribution in [3.63, 3.8) is 0 Å². The van der Waals surface area contributed by atoms with Crippen molar-refractivity contribution in [3.8, 4) is 11.1 Å². The highest BCUT2D eigenvalue weighted by molar-refractivity contribution is 7.92. The van der Waals surface area contributed by atoms with Crippen molar-refractivity contribution in [2.75, 3.05) is 4.72 Å². The SMILES string of the molecule is CC(C)Cc1ccc(S(=O)(=O)Nc2ncccn2)c(-c2ccc(Cn3ccnc3)c(F)c2)c1. The molecule has 33 heavy (non-hydrogen) atoms. The van der Waals surface area contributed by atoms with Gasteiger partial charge in [-0.05, 0) is 47.7 Å². The van der Waals surface area contributed by atoms with Crippen LogP contribution in [0.2, 0.25) is 0 Å². The largest absolute Gasteiger partial charge is 0.333 e. The second-order valence-corrected chi connectivity index (χ2v) is 9.80.